The molecule has 4 aliphatic rings. The Hall–Kier alpha value is -1.80. The van der Waals surface area contributed by atoms with E-state index in [9.17, 15) is 19.5 Å². The molecule has 7 nitrogen and oxygen atoms in total. The average Bonchev–Trinajstić information content (AvgIpc) is 2.95. The van der Waals surface area contributed by atoms with Gasteiger partial charge in [0.25, 0.3) is 0 Å². The second kappa shape index (κ2) is 8.40. The molecule has 0 bridgehead atoms. The summed E-state index contributed by atoms with van der Waals surface area (Å²) in [7, 11) is 0. The van der Waals surface area contributed by atoms with E-state index in [1.54, 1.807) is 16.7 Å². The van der Waals surface area contributed by atoms with E-state index >= 15 is 0 Å². The van der Waals surface area contributed by atoms with Gasteiger partial charge >= 0.3 is 5.97 Å². The van der Waals surface area contributed by atoms with E-state index in [-0.39, 0.29) is 43.0 Å². The zero-order chi connectivity index (χ0) is 25.1. The molecule has 2 fully saturated rings. The molecule has 34 heavy (non-hydrogen) atoms. The lowest BCUT2D eigenvalue weighted by atomic mass is 9.74. The molecule has 8 heteroatoms. The molecule has 2 saturated heterocycles. The second-order valence-corrected chi connectivity index (χ2v) is 13.8. The number of likely N-dealkylation sites (tertiary alicyclic amines) is 1. The highest BCUT2D eigenvalue weighted by Gasteiger charge is 2.74. The topological polar surface area (TPSA) is 87.2 Å². The predicted octanol–water partition coefficient (Wildman–Crippen LogP) is 2.78. The molecule has 4 aliphatic heterocycles. The minimum absolute atomic E-state index is 0.0133. The first-order valence-electron chi connectivity index (χ1n) is 12.2. The zero-order valence-electron chi connectivity index (χ0n) is 21.2. The van der Waals surface area contributed by atoms with Gasteiger partial charge in [0.2, 0.25) is 11.8 Å². The number of esters is 1. The summed E-state index contributed by atoms with van der Waals surface area (Å²) in [6, 6.07) is -0.732. The lowest BCUT2D eigenvalue weighted by Gasteiger charge is -2.44. The fraction of sp³-hybridized carbons (Fsp3) is 0.731. The first-order valence-corrected chi connectivity index (χ1v) is 13.0. The van der Waals surface area contributed by atoms with Crippen molar-refractivity contribution in [2.75, 3.05) is 26.3 Å². The monoisotopic (exact) mass is 490 g/mol. The van der Waals surface area contributed by atoms with Gasteiger partial charge in [-0.15, -0.1) is 11.8 Å². The Morgan fingerprint density at radius 2 is 1.79 bits per heavy atom. The van der Waals surface area contributed by atoms with E-state index in [4.69, 9.17) is 4.74 Å². The lowest BCUT2D eigenvalue weighted by molar-refractivity contribution is -0.152. The maximum atomic E-state index is 14.4. The molecule has 5 atom stereocenters. The number of aliphatic hydroxyl groups is 1. The van der Waals surface area contributed by atoms with Gasteiger partial charge in [0.05, 0.1) is 16.6 Å². The van der Waals surface area contributed by atoms with Crippen LogP contribution in [0.4, 0.5) is 0 Å². The number of fused-ring (bicyclic) bond motifs is 2. The third-order valence-electron chi connectivity index (χ3n) is 7.56. The normalized spacial score (nSPS) is 35.6. The highest BCUT2D eigenvalue weighted by Crippen LogP contribution is 2.65. The van der Waals surface area contributed by atoms with Crippen LogP contribution in [0.2, 0.25) is 0 Å². The van der Waals surface area contributed by atoms with Crippen LogP contribution in [0, 0.1) is 17.3 Å². The zero-order valence-corrected chi connectivity index (χ0v) is 22.0. The number of cyclic esters (lactones) is 1. The highest BCUT2D eigenvalue weighted by molar-refractivity contribution is 8.02. The maximum Gasteiger partial charge on any atom is 0.311 e. The Balaban J connectivity index is 1.83. The Morgan fingerprint density at radius 1 is 1.09 bits per heavy atom. The Bertz CT molecular complexity index is 938. The van der Waals surface area contributed by atoms with Crippen molar-refractivity contribution in [2.45, 2.75) is 75.5 Å². The van der Waals surface area contributed by atoms with Crippen LogP contribution in [0.1, 0.15) is 54.4 Å². The molecule has 4 heterocycles. The van der Waals surface area contributed by atoms with Crippen molar-refractivity contribution < 1.29 is 24.2 Å². The standard InChI is InChI=1S/C26H38N2O5S/c1-23(2,3)16-24(4,5)28-13-7-11-26-17(18-22(32)33-15-8-10-25(18,6)34-26)20(30)27(12-9-14-29)19(26)21(28)31/h7-8,10-11,17-19,29H,9,12-16H2,1-6H3/t17-,18-,19?,25+,26-/m0/s1. The number of ether oxygens (including phenoxy) is 1. The number of rotatable bonds is 5. The van der Waals surface area contributed by atoms with Crippen molar-refractivity contribution in [1.29, 1.82) is 0 Å². The molecule has 4 rings (SSSR count). The van der Waals surface area contributed by atoms with Crippen LogP contribution < -0.4 is 0 Å². The highest BCUT2D eigenvalue weighted by atomic mass is 32.2. The van der Waals surface area contributed by atoms with Crippen LogP contribution in [0.3, 0.4) is 0 Å². The molecule has 1 unspecified atom stereocenters. The minimum atomic E-state index is -0.865. The Labute approximate surface area is 206 Å². The number of aliphatic hydroxyl groups excluding tert-OH is 1. The molecule has 0 saturated carbocycles. The average molecular weight is 491 g/mol. The summed E-state index contributed by atoms with van der Waals surface area (Å²) in [5.74, 6) is -2.02. The first-order chi connectivity index (χ1) is 15.8. The van der Waals surface area contributed by atoms with Crippen LogP contribution >= 0.6 is 11.8 Å². The second-order valence-electron chi connectivity index (χ2n) is 12.0. The summed E-state index contributed by atoms with van der Waals surface area (Å²) in [5.41, 5.74) is -0.412. The van der Waals surface area contributed by atoms with Crippen LogP contribution in [0.5, 0.6) is 0 Å². The molecule has 0 aliphatic carbocycles. The smallest absolute Gasteiger partial charge is 0.311 e. The lowest BCUT2D eigenvalue weighted by Crippen LogP contribution is -2.58. The van der Waals surface area contributed by atoms with Crippen molar-refractivity contribution >= 4 is 29.5 Å². The van der Waals surface area contributed by atoms with Gasteiger partial charge in [-0.05, 0) is 45.1 Å². The molecule has 1 spiro atoms. The number of amides is 2. The fourth-order valence-electron chi connectivity index (χ4n) is 6.77. The minimum Gasteiger partial charge on any atom is -0.461 e. The van der Waals surface area contributed by atoms with Gasteiger partial charge in [0, 0.05) is 30.0 Å². The molecule has 188 valence electrons. The number of thioether (sulfide) groups is 1. The number of hydrogen-bond donors (Lipinski definition) is 1. The van der Waals surface area contributed by atoms with Crippen molar-refractivity contribution in [3.05, 3.63) is 24.3 Å². The summed E-state index contributed by atoms with van der Waals surface area (Å²) >= 11 is 1.55. The van der Waals surface area contributed by atoms with Crippen LogP contribution in [-0.2, 0) is 19.1 Å². The molecule has 0 aromatic heterocycles. The predicted molar refractivity (Wildman–Crippen MR) is 132 cm³/mol. The van der Waals surface area contributed by atoms with Crippen molar-refractivity contribution in [1.82, 2.24) is 9.80 Å². The molecular formula is C26H38N2O5S. The Morgan fingerprint density at radius 3 is 2.44 bits per heavy atom. The van der Waals surface area contributed by atoms with Crippen LogP contribution in [-0.4, -0.2) is 80.1 Å². The van der Waals surface area contributed by atoms with E-state index in [2.05, 4.69) is 34.6 Å². The number of hydrogen-bond acceptors (Lipinski definition) is 6. The van der Waals surface area contributed by atoms with Crippen molar-refractivity contribution in [3.63, 3.8) is 0 Å². The van der Waals surface area contributed by atoms with Crippen LogP contribution in [0.25, 0.3) is 0 Å². The van der Waals surface area contributed by atoms with Crippen LogP contribution in [0.15, 0.2) is 24.3 Å². The van der Waals surface area contributed by atoms with E-state index < -0.39 is 32.9 Å². The largest absolute Gasteiger partial charge is 0.461 e. The third kappa shape index (κ3) is 3.91. The summed E-state index contributed by atoms with van der Waals surface area (Å²) in [6.45, 7) is 13.5. The maximum absolute atomic E-state index is 14.4. The van der Waals surface area contributed by atoms with Gasteiger partial charge in [-0.1, -0.05) is 39.0 Å². The number of carbonyl (C=O) groups is 3. The molecular weight excluding hydrogens is 452 g/mol. The molecule has 0 aromatic carbocycles. The van der Waals surface area contributed by atoms with Gasteiger partial charge in [-0.25, -0.2) is 0 Å². The third-order valence-corrected chi connectivity index (χ3v) is 9.36. The van der Waals surface area contributed by atoms with Crippen molar-refractivity contribution in [3.8, 4) is 0 Å². The fourth-order valence-corrected chi connectivity index (χ4v) is 8.93. The first kappa shape index (κ1) is 25.3. The van der Waals surface area contributed by atoms with Gasteiger partial charge in [0.15, 0.2) is 0 Å². The van der Waals surface area contributed by atoms with Crippen molar-refractivity contribution in [2.24, 2.45) is 17.3 Å². The SMILES string of the molecule is CC(C)(C)CC(C)(C)N1CC=C[C@]23S[C@]4(C)C=CCOC(=O)[C@@H]4[C@H]2C(=O)N(CCCO)C3C1=O. The van der Waals surface area contributed by atoms with Gasteiger partial charge in [-0.2, -0.15) is 0 Å². The summed E-state index contributed by atoms with van der Waals surface area (Å²) < 4.78 is 3.94. The Kier molecular flexibility index (Phi) is 6.25. The van der Waals surface area contributed by atoms with E-state index in [1.165, 1.54) is 0 Å². The summed E-state index contributed by atoms with van der Waals surface area (Å²) in [6.07, 6.45) is 9.03. The summed E-state index contributed by atoms with van der Waals surface area (Å²) in [4.78, 5) is 45.0. The molecule has 0 aromatic rings. The van der Waals surface area contributed by atoms with Gasteiger partial charge in [-0.3, -0.25) is 14.4 Å². The van der Waals surface area contributed by atoms with E-state index in [1.807, 2.05) is 36.1 Å². The van der Waals surface area contributed by atoms with Gasteiger partial charge < -0.3 is 19.6 Å². The molecule has 1 N–H and O–H groups in total. The van der Waals surface area contributed by atoms with Gasteiger partial charge in [0.1, 0.15) is 12.6 Å². The number of carbonyl (C=O) groups excluding carboxylic acids is 3. The molecule has 0 radical (unpaired) electrons. The molecule has 2 amide bonds. The van der Waals surface area contributed by atoms with E-state index in [0.717, 1.165) is 6.42 Å². The quantitative estimate of drug-likeness (QED) is 0.471. The van der Waals surface area contributed by atoms with E-state index in [0.29, 0.717) is 13.0 Å². The number of nitrogens with zero attached hydrogens (tertiary/aromatic N) is 2. The summed E-state index contributed by atoms with van der Waals surface area (Å²) in [5, 5.41) is 9.51.